The molecule has 1 aromatic rings. The van der Waals surface area contributed by atoms with Gasteiger partial charge in [-0.25, -0.2) is 8.78 Å². The SMILES string of the molecule is CC(C)(CCN)CCC(=O)c1ccc(F)cc1F. The summed E-state index contributed by atoms with van der Waals surface area (Å²) in [6.45, 7) is 4.61. The minimum Gasteiger partial charge on any atom is -0.330 e. The Morgan fingerprint density at radius 2 is 1.94 bits per heavy atom. The summed E-state index contributed by atoms with van der Waals surface area (Å²) in [5.41, 5.74) is 5.40. The van der Waals surface area contributed by atoms with Crippen molar-refractivity contribution in [2.24, 2.45) is 11.1 Å². The molecule has 1 aromatic carbocycles. The fourth-order valence-corrected chi connectivity index (χ4v) is 1.82. The minimum absolute atomic E-state index is 0.0408. The van der Waals surface area contributed by atoms with E-state index in [0.717, 1.165) is 18.6 Å². The van der Waals surface area contributed by atoms with Crippen LogP contribution in [0.2, 0.25) is 0 Å². The molecule has 4 heteroatoms. The summed E-state index contributed by atoms with van der Waals surface area (Å²) in [5, 5.41) is 0. The number of carbonyl (C=O) groups is 1. The molecule has 0 saturated heterocycles. The van der Waals surface area contributed by atoms with Crippen LogP contribution < -0.4 is 5.73 Å². The Kier molecular flexibility index (Phi) is 4.96. The largest absolute Gasteiger partial charge is 0.330 e. The van der Waals surface area contributed by atoms with Crippen LogP contribution in [0.1, 0.15) is 43.5 Å². The lowest BCUT2D eigenvalue weighted by Crippen LogP contribution is -2.18. The minimum atomic E-state index is -0.795. The summed E-state index contributed by atoms with van der Waals surface area (Å²) in [5.74, 6) is -1.76. The molecule has 2 nitrogen and oxygen atoms in total. The molecule has 0 amide bonds. The van der Waals surface area contributed by atoms with Crippen LogP contribution in [-0.2, 0) is 0 Å². The first kappa shape index (κ1) is 14.8. The van der Waals surface area contributed by atoms with Gasteiger partial charge in [-0.3, -0.25) is 4.79 Å². The van der Waals surface area contributed by atoms with E-state index in [1.807, 2.05) is 13.8 Å². The Hall–Kier alpha value is -1.29. The van der Waals surface area contributed by atoms with E-state index in [4.69, 9.17) is 5.73 Å². The van der Waals surface area contributed by atoms with Gasteiger partial charge in [-0.15, -0.1) is 0 Å². The molecule has 0 radical (unpaired) electrons. The Morgan fingerprint density at radius 3 is 2.50 bits per heavy atom. The monoisotopic (exact) mass is 255 g/mol. The Bertz CT molecular complexity index is 430. The van der Waals surface area contributed by atoms with E-state index in [1.165, 1.54) is 6.07 Å². The van der Waals surface area contributed by atoms with Crippen LogP contribution in [-0.4, -0.2) is 12.3 Å². The van der Waals surface area contributed by atoms with Gasteiger partial charge >= 0.3 is 0 Å². The Balaban J connectivity index is 2.66. The third-order valence-electron chi connectivity index (χ3n) is 3.08. The summed E-state index contributed by atoms with van der Waals surface area (Å²) in [6, 6.07) is 3.03. The van der Waals surface area contributed by atoms with E-state index >= 15 is 0 Å². The summed E-state index contributed by atoms with van der Waals surface area (Å²) in [6.07, 6.45) is 1.70. The van der Waals surface area contributed by atoms with E-state index in [1.54, 1.807) is 0 Å². The molecule has 0 heterocycles. The lowest BCUT2D eigenvalue weighted by atomic mass is 9.83. The van der Waals surface area contributed by atoms with Gasteiger partial charge < -0.3 is 5.73 Å². The van der Waals surface area contributed by atoms with Crippen LogP contribution in [0.25, 0.3) is 0 Å². The van der Waals surface area contributed by atoms with Crippen molar-refractivity contribution in [2.75, 3.05) is 6.54 Å². The highest BCUT2D eigenvalue weighted by Gasteiger charge is 2.20. The van der Waals surface area contributed by atoms with E-state index in [-0.39, 0.29) is 23.2 Å². The van der Waals surface area contributed by atoms with Crippen molar-refractivity contribution in [1.82, 2.24) is 0 Å². The molecular formula is C14H19F2NO. The highest BCUT2D eigenvalue weighted by molar-refractivity contribution is 5.96. The topological polar surface area (TPSA) is 43.1 Å². The van der Waals surface area contributed by atoms with Gasteiger partial charge in [0.25, 0.3) is 0 Å². The van der Waals surface area contributed by atoms with Crippen LogP contribution in [0, 0.1) is 17.0 Å². The van der Waals surface area contributed by atoms with Crippen LogP contribution >= 0.6 is 0 Å². The molecule has 0 aliphatic carbocycles. The summed E-state index contributed by atoms with van der Waals surface area (Å²) >= 11 is 0. The van der Waals surface area contributed by atoms with Crippen LogP contribution in [0.5, 0.6) is 0 Å². The van der Waals surface area contributed by atoms with Crippen molar-refractivity contribution >= 4 is 5.78 Å². The van der Waals surface area contributed by atoms with E-state index < -0.39 is 11.6 Å². The van der Waals surface area contributed by atoms with Crippen molar-refractivity contribution in [2.45, 2.75) is 33.1 Å². The zero-order valence-electron chi connectivity index (χ0n) is 10.8. The van der Waals surface area contributed by atoms with Crippen molar-refractivity contribution < 1.29 is 13.6 Å². The van der Waals surface area contributed by atoms with E-state index in [2.05, 4.69) is 0 Å². The van der Waals surface area contributed by atoms with Gasteiger partial charge in [0.1, 0.15) is 11.6 Å². The standard InChI is InChI=1S/C14H19F2NO/c1-14(2,7-8-17)6-5-13(18)11-4-3-10(15)9-12(11)16/h3-4,9H,5-8,17H2,1-2H3. The second-order valence-electron chi connectivity index (χ2n) is 5.25. The number of nitrogens with two attached hydrogens (primary N) is 1. The molecular weight excluding hydrogens is 236 g/mol. The van der Waals surface area contributed by atoms with Gasteiger partial charge in [0.2, 0.25) is 0 Å². The maximum absolute atomic E-state index is 13.4. The molecule has 0 aromatic heterocycles. The fourth-order valence-electron chi connectivity index (χ4n) is 1.82. The first-order valence-corrected chi connectivity index (χ1v) is 6.04. The Labute approximate surface area is 106 Å². The van der Waals surface area contributed by atoms with Crippen molar-refractivity contribution in [3.05, 3.63) is 35.4 Å². The first-order chi connectivity index (χ1) is 8.35. The van der Waals surface area contributed by atoms with Crippen LogP contribution in [0.15, 0.2) is 18.2 Å². The number of ketones is 1. The second-order valence-corrected chi connectivity index (χ2v) is 5.25. The molecule has 0 saturated carbocycles. The van der Waals surface area contributed by atoms with Gasteiger partial charge in [-0.2, -0.15) is 0 Å². The fraction of sp³-hybridized carbons (Fsp3) is 0.500. The van der Waals surface area contributed by atoms with Gasteiger partial charge in [-0.05, 0) is 36.9 Å². The zero-order chi connectivity index (χ0) is 13.8. The lowest BCUT2D eigenvalue weighted by Gasteiger charge is -2.23. The third-order valence-corrected chi connectivity index (χ3v) is 3.08. The van der Waals surface area contributed by atoms with Gasteiger partial charge in [0.05, 0.1) is 5.56 Å². The molecule has 0 bridgehead atoms. The molecule has 18 heavy (non-hydrogen) atoms. The van der Waals surface area contributed by atoms with Gasteiger partial charge in [-0.1, -0.05) is 13.8 Å². The number of Topliss-reactive ketones (excluding diaryl/α,β-unsaturated/α-hetero) is 1. The third kappa shape index (κ3) is 4.18. The second kappa shape index (κ2) is 6.05. The predicted octanol–water partition coefficient (Wildman–Crippen LogP) is 3.30. The average molecular weight is 255 g/mol. The molecule has 0 atom stereocenters. The summed E-state index contributed by atoms with van der Waals surface area (Å²) in [7, 11) is 0. The quantitative estimate of drug-likeness (QED) is 0.792. The smallest absolute Gasteiger partial charge is 0.165 e. The summed E-state index contributed by atoms with van der Waals surface area (Å²) < 4.78 is 26.1. The molecule has 0 aliphatic heterocycles. The number of hydrogen-bond acceptors (Lipinski definition) is 2. The maximum atomic E-state index is 13.4. The molecule has 2 N–H and O–H groups in total. The highest BCUT2D eigenvalue weighted by Crippen LogP contribution is 2.27. The lowest BCUT2D eigenvalue weighted by molar-refractivity contribution is 0.0957. The van der Waals surface area contributed by atoms with E-state index in [0.29, 0.717) is 13.0 Å². The number of rotatable bonds is 6. The van der Waals surface area contributed by atoms with Crippen molar-refractivity contribution in [3.8, 4) is 0 Å². The first-order valence-electron chi connectivity index (χ1n) is 6.04. The van der Waals surface area contributed by atoms with Crippen molar-refractivity contribution in [3.63, 3.8) is 0 Å². The number of benzene rings is 1. The number of carbonyl (C=O) groups excluding carboxylic acids is 1. The normalized spacial score (nSPS) is 11.6. The number of halogens is 2. The van der Waals surface area contributed by atoms with Gasteiger partial charge in [0.15, 0.2) is 5.78 Å². The molecule has 1 rings (SSSR count). The Morgan fingerprint density at radius 1 is 1.28 bits per heavy atom. The van der Waals surface area contributed by atoms with E-state index in [9.17, 15) is 13.6 Å². The maximum Gasteiger partial charge on any atom is 0.165 e. The number of hydrogen-bond donors (Lipinski definition) is 1. The van der Waals surface area contributed by atoms with Crippen LogP contribution in [0.3, 0.4) is 0 Å². The molecule has 0 fully saturated rings. The van der Waals surface area contributed by atoms with Crippen molar-refractivity contribution in [1.29, 1.82) is 0 Å². The van der Waals surface area contributed by atoms with Gasteiger partial charge in [0, 0.05) is 12.5 Å². The predicted molar refractivity (Wildman–Crippen MR) is 67.4 cm³/mol. The summed E-state index contributed by atoms with van der Waals surface area (Å²) in [4.78, 5) is 11.8. The average Bonchev–Trinajstić information content (AvgIpc) is 2.26. The highest BCUT2D eigenvalue weighted by atomic mass is 19.1. The molecule has 0 unspecified atom stereocenters. The molecule has 100 valence electrons. The van der Waals surface area contributed by atoms with Crippen LogP contribution in [0.4, 0.5) is 8.78 Å². The molecule has 0 spiro atoms. The zero-order valence-corrected chi connectivity index (χ0v) is 10.8. The molecule has 0 aliphatic rings.